The number of para-hydroxylation sites is 1. The Balaban J connectivity index is 1.76. The van der Waals surface area contributed by atoms with Gasteiger partial charge in [-0.2, -0.15) is 9.78 Å². The standard InChI is InChI=1S/C19H16Cl2N4O2/c1-24(12-17(26)23-14-9-7-13(20)8-10-14)16-11-22-25(19(27)18(16)21)15-5-3-2-4-6-15/h2-11H,12H2,1H3,(H,23,26). The van der Waals surface area contributed by atoms with Gasteiger partial charge >= 0.3 is 0 Å². The van der Waals surface area contributed by atoms with Crippen LogP contribution in [0.5, 0.6) is 0 Å². The summed E-state index contributed by atoms with van der Waals surface area (Å²) in [5.74, 6) is -0.261. The van der Waals surface area contributed by atoms with Gasteiger partial charge in [-0.1, -0.05) is 41.4 Å². The van der Waals surface area contributed by atoms with E-state index in [9.17, 15) is 9.59 Å². The van der Waals surface area contributed by atoms with Crippen LogP contribution < -0.4 is 15.8 Å². The normalized spacial score (nSPS) is 10.5. The van der Waals surface area contributed by atoms with Crippen molar-refractivity contribution < 1.29 is 4.79 Å². The van der Waals surface area contributed by atoms with E-state index in [0.29, 0.717) is 22.1 Å². The number of rotatable bonds is 5. The number of halogens is 2. The highest BCUT2D eigenvalue weighted by atomic mass is 35.5. The van der Waals surface area contributed by atoms with Gasteiger partial charge in [0.1, 0.15) is 5.02 Å². The molecule has 3 aromatic rings. The summed E-state index contributed by atoms with van der Waals surface area (Å²) in [7, 11) is 1.66. The number of hydrogen-bond acceptors (Lipinski definition) is 4. The zero-order chi connectivity index (χ0) is 19.4. The summed E-state index contributed by atoms with van der Waals surface area (Å²) in [6.07, 6.45) is 1.46. The Kier molecular flexibility index (Phi) is 5.78. The maximum absolute atomic E-state index is 12.5. The average Bonchev–Trinajstić information content (AvgIpc) is 2.66. The van der Waals surface area contributed by atoms with Crippen LogP contribution >= 0.6 is 23.2 Å². The third kappa shape index (κ3) is 4.48. The van der Waals surface area contributed by atoms with Crippen LogP contribution in [0.25, 0.3) is 5.69 Å². The molecule has 0 spiro atoms. The molecule has 3 rings (SSSR count). The van der Waals surface area contributed by atoms with Gasteiger partial charge in [-0.05, 0) is 36.4 Å². The Morgan fingerprint density at radius 1 is 1.11 bits per heavy atom. The van der Waals surface area contributed by atoms with Crippen LogP contribution in [0.4, 0.5) is 11.4 Å². The molecule has 2 aromatic carbocycles. The van der Waals surface area contributed by atoms with Crippen molar-refractivity contribution in [2.75, 3.05) is 23.8 Å². The van der Waals surface area contributed by atoms with Crippen LogP contribution in [-0.4, -0.2) is 29.3 Å². The highest BCUT2D eigenvalue weighted by Crippen LogP contribution is 2.20. The molecule has 1 amide bonds. The van der Waals surface area contributed by atoms with Gasteiger partial charge < -0.3 is 10.2 Å². The summed E-state index contributed by atoms with van der Waals surface area (Å²) < 4.78 is 1.22. The van der Waals surface area contributed by atoms with Gasteiger partial charge in [0.25, 0.3) is 5.56 Å². The molecule has 1 heterocycles. The van der Waals surface area contributed by atoms with Crippen LogP contribution in [0.1, 0.15) is 0 Å². The lowest BCUT2D eigenvalue weighted by Crippen LogP contribution is -2.32. The van der Waals surface area contributed by atoms with E-state index in [4.69, 9.17) is 23.2 Å². The zero-order valence-corrected chi connectivity index (χ0v) is 15.9. The van der Waals surface area contributed by atoms with E-state index in [2.05, 4.69) is 10.4 Å². The third-order valence-corrected chi connectivity index (χ3v) is 4.43. The molecule has 138 valence electrons. The fourth-order valence-electron chi connectivity index (χ4n) is 2.48. The number of benzene rings is 2. The number of hydrogen-bond donors (Lipinski definition) is 1. The molecule has 8 heteroatoms. The van der Waals surface area contributed by atoms with Crippen molar-refractivity contribution in [2.24, 2.45) is 0 Å². The van der Waals surface area contributed by atoms with Gasteiger partial charge in [-0.15, -0.1) is 0 Å². The Labute approximate surface area is 165 Å². The first-order valence-corrected chi connectivity index (χ1v) is 8.81. The van der Waals surface area contributed by atoms with Crippen LogP contribution in [0.3, 0.4) is 0 Å². The number of nitrogens with one attached hydrogen (secondary N) is 1. The first kappa shape index (κ1) is 18.9. The Morgan fingerprint density at radius 3 is 2.44 bits per heavy atom. The van der Waals surface area contributed by atoms with Crippen molar-refractivity contribution in [3.8, 4) is 5.69 Å². The minimum atomic E-state index is -0.453. The van der Waals surface area contributed by atoms with E-state index in [-0.39, 0.29) is 17.5 Å². The maximum atomic E-state index is 12.5. The van der Waals surface area contributed by atoms with Gasteiger partial charge in [0.2, 0.25) is 5.91 Å². The summed E-state index contributed by atoms with van der Waals surface area (Å²) in [4.78, 5) is 26.3. The summed E-state index contributed by atoms with van der Waals surface area (Å²) in [5.41, 5.74) is 1.16. The molecule has 0 radical (unpaired) electrons. The smallest absolute Gasteiger partial charge is 0.292 e. The SMILES string of the molecule is CN(CC(=O)Nc1ccc(Cl)cc1)c1cnn(-c2ccccc2)c(=O)c1Cl. The van der Waals surface area contributed by atoms with Crippen molar-refractivity contribution in [1.82, 2.24) is 9.78 Å². The molecule has 0 aliphatic carbocycles. The highest BCUT2D eigenvalue weighted by Gasteiger charge is 2.16. The summed E-state index contributed by atoms with van der Waals surface area (Å²) in [6.45, 7) is -0.00117. The van der Waals surface area contributed by atoms with E-state index in [1.54, 1.807) is 60.5 Å². The number of carbonyl (C=O) groups is 1. The van der Waals surface area contributed by atoms with E-state index >= 15 is 0 Å². The van der Waals surface area contributed by atoms with Crippen LogP contribution in [0, 0.1) is 0 Å². The van der Waals surface area contributed by atoms with Crippen molar-refractivity contribution in [1.29, 1.82) is 0 Å². The molecule has 0 saturated heterocycles. The van der Waals surface area contributed by atoms with Crippen molar-refractivity contribution in [3.63, 3.8) is 0 Å². The lowest BCUT2D eigenvalue weighted by atomic mass is 10.3. The predicted octanol–water partition coefficient (Wildman–Crippen LogP) is 3.61. The fraction of sp³-hybridized carbons (Fsp3) is 0.105. The lowest BCUT2D eigenvalue weighted by Gasteiger charge is -2.20. The maximum Gasteiger partial charge on any atom is 0.292 e. The fourth-order valence-corrected chi connectivity index (χ4v) is 2.88. The number of carbonyl (C=O) groups excluding carboxylic acids is 1. The molecule has 0 aliphatic heterocycles. The second-order valence-electron chi connectivity index (χ2n) is 5.81. The number of nitrogens with zero attached hydrogens (tertiary/aromatic N) is 3. The molecule has 1 aromatic heterocycles. The van der Waals surface area contributed by atoms with Crippen molar-refractivity contribution >= 4 is 40.5 Å². The molecule has 0 unspecified atom stereocenters. The van der Waals surface area contributed by atoms with Crippen molar-refractivity contribution in [2.45, 2.75) is 0 Å². The predicted molar refractivity (Wildman–Crippen MR) is 108 cm³/mol. The van der Waals surface area contributed by atoms with Gasteiger partial charge in [-0.25, -0.2) is 0 Å². The molecule has 27 heavy (non-hydrogen) atoms. The number of aromatic nitrogens is 2. The minimum Gasteiger partial charge on any atom is -0.363 e. The van der Waals surface area contributed by atoms with E-state index in [0.717, 1.165) is 0 Å². The van der Waals surface area contributed by atoms with Crippen LogP contribution in [0.2, 0.25) is 10.0 Å². The average molecular weight is 403 g/mol. The third-order valence-electron chi connectivity index (χ3n) is 3.82. The van der Waals surface area contributed by atoms with Gasteiger partial charge in [0.15, 0.2) is 0 Å². The topological polar surface area (TPSA) is 67.2 Å². The lowest BCUT2D eigenvalue weighted by molar-refractivity contribution is -0.114. The number of likely N-dealkylation sites (N-methyl/N-ethyl adjacent to an activating group) is 1. The second kappa shape index (κ2) is 8.24. The van der Waals surface area contributed by atoms with Crippen LogP contribution in [0.15, 0.2) is 65.6 Å². The van der Waals surface area contributed by atoms with E-state index < -0.39 is 5.56 Å². The van der Waals surface area contributed by atoms with Gasteiger partial charge in [0, 0.05) is 17.8 Å². The Bertz CT molecular complexity index is 1000. The first-order chi connectivity index (χ1) is 13.0. The van der Waals surface area contributed by atoms with E-state index in [1.165, 1.54) is 10.9 Å². The van der Waals surface area contributed by atoms with Gasteiger partial charge in [0.05, 0.1) is 24.1 Å². The molecule has 0 saturated carbocycles. The molecule has 1 N–H and O–H groups in total. The second-order valence-corrected chi connectivity index (χ2v) is 6.62. The number of amides is 1. The summed E-state index contributed by atoms with van der Waals surface area (Å²) >= 11 is 12.1. The molecular weight excluding hydrogens is 387 g/mol. The zero-order valence-electron chi connectivity index (χ0n) is 14.4. The first-order valence-electron chi connectivity index (χ1n) is 8.05. The largest absolute Gasteiger partial charge is 0.363 e. The molecule has 0 atom stereocenters. The summed E-state index contributed by atoms with van der Waals surface area (Å²) in [6, 6.07) is 15.7. The van der Waals surface area contributed by atoms with Crippen LogP contribution in [-0.2, 0) is 4.79 Å². The molecule has 0 bridgehead atoms. The van der Waals surface area contributed by atoms with Crippen molar-refractivity contribution in [3.05, 3.63) is 81.2 Å². The minimum absolute atomic E-state index is 0.00117. The Hall–Kier alpha value is -2.83. The highest BCUT2D eigenvalue weighted by molar-refractivity contribution is 6.33. The molecule has 6 nitrogen and oxygen atoms in total. The van der Waals surface area contributed by atoms with Gasteiger partial charge in [-0.3, -0.25) is 9.59 Å². The molecular formula is C19H16Cl2N4O2. The quantitative estimate of drug-likeness (QED) is 0.707. The summed E-state index contributed by atoms with van der Waals surface area (Å²) in [5, 5.41) is 7.50. The van der Waals surface area contributed by atoms with E-state index in [1.807, 2.05) is 6.07 Å². The Morgan fingerprint density at radius 2 is 1.78 bits per heavy atom. The molecule has 0 fully saturated rings. The number of anilines is 2. The monoisotopic (exact) mass is 402 g/mol. The molecule has 0 aliphatic rings.